The van der Waals surface area contributed by atoms with Crippen molar-refractivity contribution in [3.05, 3.63) is 59.2 Å². The summed E-state index contributed by atoms with van der Waals surface area (Å²) in [5, 5.41) is 11.5. The number of nitrogens with two attached hydrogens (primary N) is 1. The number of aryl methyl sites for hydroxylation is 1. The number of amides is 1. The summed E-state index contributed by atoms with van der Waals surface area (Å²) in [6, 6.07) is 14.6. The van der Waals surface area contributed by atoms with Crippen molar-refractivity contribution in [1.29, 1.82) is 5.26 Å². The number of nitriles is 1. The van der Waals surface area contributed by atoms with Gasteiger partial charge in [-0.3, -0.25) is 4.79 Å². The highest BCUT2D eigenvalue weighted by molar-refractivity contribution is 5.95. The highest BCUT2D eigenvalue weighted by Crippen LogP contribution is 2.19. The van der Waals surface area contributed by atoms with E-state index >= 15 is 0 Å². The van der Waals surface area contributed by atoms with Gasteiger partial charge in [0, 0.05) is 0 Å². The van der Waals surface area contributed by atoms with Crippen LogP contribution in [-0.2, 0) is 11.2 Å². The zero-order chi connectivity index (χ0) is 14.5. The number of anilines is 2. The molecule has 0 radical (unpaired) electrons. The van der Waals surface area contributed by atoms with Crippen molar-refractivity contribution in [2.24, 2.45) is 0 Å². The lowest BCUT2D eigenvalue weighted by Gasteiger charge is -2.08. The summed E-state index contributed by atoms with van der Waals surface area (Å²) >= 11 is 0. The summed E-state index contributed by atoms with van der Waals surface area (Å²) in [7, 11) is 0. The summed E-state index contributed by atoms with van der Waals surface area (Å²) in [6.07, 6.45) is 0.291. The molecule has 0 aromatic heterocycles. The molecule has 0 aliphatic carbocycles. The molecule has 0 aliphatic heterocycles. The van der Waals surface area contributed by atoms with Crippen molar-refractivity contribution in [2.75, 3.05) is 11.1 Å². The molecular formula is C16H15N3O. The predicted octanol–water partition coefficient (Wildman–Crippen LogP) is 2.63. The van der Waals surface area contributed by atoms with Crippen LogP contribution in [0.5, 0.6) is 0 Å². The molecule has 0 spiro atoms. The molecule has 0 heterocycles. The van der Waals surface area contributed by atoms with Crippen LogP contribution in [0.2, 0.25) is 0 Å². The van der Waals surface area contributed by atoms with E-state index in [1.165, 1.54) is 0 Å². The molecule has 0 saturated heterocycles. The van der Waals surface area contributed by atoms with Crippen LogP contribution in [0, 0.1) is 18.3 Å². The van der Waals surface area contributed by atoms with Gasteiger partial charge in [-0.2, -0.15) is 5.26 Å². The average Bonchev–Trinajstić information content (AvgIpc) is 2.43. The minimum Gasteiger partial charge on any atom is -0.397 e. The van der Waals surface area contributed by atoms with Gasteiger partial charge < -0.3 is 11.1 Å². The molecule has 1 amide bonds. The van der Waals surface area contributed by atoms with Crippen molar-refractivity contribution in [3.63, 3.8) is 0 Å². The van der Waals surface area contributed by atoms with Crippen molar-refractivity contribution < 1.29 is 4.79 Å². The number of benzene rings is 2. The van der Waals surface area contributed by atoms with Gasteiger partial charge in [0.2, 0.25) is 5.91 Å². The minimum absolute atomic E-state index is 0.134. The molecule has 0 aliphatic rings. The fraction of sp³-hybridized carbons (Fsp3) is 0.125. The first-order valence-electron chi connectivity index (χ1n) is 6.23. The molecule has 0 unspecified atom stereocenters. The lowest BCUT2D eigenvalue weighted by atomic mass is 10.1. The van der Waals surface area contributed by atoms with Crippen molar-refractivity contribution in [2.45, 2.75) is 13.3 Å². The SMILES string of the molecule is Cc1ccc(CC(=O)Nc2ccc(C#N)cc2N)cc1. The van der Waals surface area contributed by atoms with E-state index < -0.39 is 0 Å². The van der Waals surface area contributed by atoms with E-state index in [9.17, 15) is 4.79 Å². The quantitative estimate of drug-likeness (QED) is 0.837. The van der Waals surface area contributed by atoms with Crippen LogP contribution in [0.1, 0.15) is 16.7 Å². The third-order valence-corrected chi connectivity index (χ3v) is 2.94. The van der Waals surface area contributed by atoms with Gasteiger partial charge in [-0.15, -0.1) is 0 Å². The Labute approximate surface area is 117 Å². The molecule has 0 atom stereocenters. The molecule has 2 aromatic rings. The van der Waals surface area contributed by atoms with Crippen LogP contribution >= 0.6 is 0 Å². The number of hydrogen-bond acceptors (Lipinski definition) is 3. The molecule has 4 heteroatoms. The van der Waals surface area contributed by atoms with E-state index in [0.717, 1.165) is 11.1 Å². The van der Waals surface area contributed by atoms with Crippen molar-refractivity contribution in [3.8, 4) is 6.07 Å². The second-order valence-corrected chi connectivity index (χ2v) is 4.62. The maximum Gasteiger partial charge on any atom is 0.228 e. The van der Waals surface area contributed by atoms with Gasteiger partial charge in [0.15, 0.2) is 0 Å². The molecule has 0 fully saturated rings. The molecule has 100 valence electrons. The molecule has 3 N–H and O–H groups in total. The van der Waals surface area contributed by atoms with Crippen LogP contribution in [0.15, 0.2) is 42.5 Å². The topological polar surface area (TPSA) is 78.9 Å². The average molecular weight is 265 g/mol. The van der Waals surface area contributed by atoms with E-state index in [4.69, 9.17) is 11.0 Å². The standard InChI is InChI=1S/C16H15N3O/c1-11-2-4-12(5-3-11)9-16(20)19-15-7-6-13(10-17)8-14(15)18/h2-8H,9,18H2,1H3,(H,19,20). The summed E-state index contributed by atoms with van der Waals surface area (Å²) in [4.78, 5) is 11.9. The maximum atomic E-state index is 11.9. The zero-order valence-corrected chi connectivity index (χ0v) is 11.2. The van der Waals surface area contributed by atoms with Gasteiger partial charge in [0.25, 0.3) is 0 Å². The third kappa shape index (κ3) is 3.36. The Morgan fingerprint density at radius 2 is 1.95 bits per heavy atom. The van der Waals surface area contributed by atoms with Gasteiger partial charge in [-0.25, -0.2) is 0 Å². The van der Waals surface area contributed by atoms with Crippen molar-refractivity contribution >= 4 is 17.3 Å². The van der Waals surface area contributed by atoms with Crippen LogP contribution in [0.4, 0.5) is 11.4 Å². The summed E-state index contributed by atoms with van der Waals surface area (Å²) in [5.74, 6) is -0.134. The molecule has 0 bridgehead atoms. The Morgan fingerprint density at radius 1 is 1.25 bits per heavy atom. The number of nitrogens with one attached hydrogen (secondary N) is 1. The van der Waals surface area contributed by atoms with Crippen molar-refractivity contribution in [1.82, 2.24) is 0 Å². The molecule has 4 nitrogen and oxygen atoms in total. The fourth-order valence-electron chi connectivity index (χ4n) is 1.83. The normalized spacial score (nSPS) is 9.80. The van der Waals surface area contributed by atoms with E-state index in [1.54, 1.807) is 18.2 Å². The monoisotopic (exact) mass is 265 g/mol. The highest BCUT2D eigenvalue weighted by Gasteiger charge is 2.07. The van der Waals surface area contributed by atoms with Crippen LogP contribution < -0.4 is 11.1 Å². The summed E-state index contributed by atoms with van der Waals surface area (Å²) in [5.41, 5.74) is 9.29. The molecule has 20 heavy (non-hydrogen) atoms. The fourth-order valence-corrected chi connectivity index (χ4v) is 1.83. The van der Waals surface area contributed by atoms with Crippen LogP contribution in [0.3, 0.4) is 0 Å². The first-order valence-corrected chi connectivity index (χ1v) is 6.23. The van der Waals surface area contributed by atoms with Crippen LogP contribution in [-0.4, -0.2) is 5.91 Å². The highest BCUT2D eigenvalue weighted by atomic mass is 16.1. The number of hydrogen-bond donors (Lipinski definition) is 2. The predicted molar refractivity (Wildman–Crippen MR) is 79.1 cm³/mol. The maximum absolute atomic E-state index is 11.9. The van der Waals surface area contributed by atoms with Gasteiger partial charge in [-0.1, -0.05) is 29.8 Å². The largest absolute Gasteiger partial charge is 0.397 e. The number of nitrogen functional groups attached to an aromatic ring is 1. The molecule has 0 saturated carbocycles. The Kier molecular flexibility index (Phi) is 4.02. The Hall–Kier alpha value is -2.80. The molecule has 2 rings (SSSR count). The van der Waals surface area contributed by atoms with Gasteiger partial charge in [0.1, 0.15) is 0 Å². The second kappa shape index (κ2) is 5.89. The molecular weight excluding hydrogens is 250 g/mol. The first-order chi connectivity index (χ1) is 9.58. The number of nitrogens with zero attached hydrogens (tertiary/aromatic N) is 1. The number of carbonyl (C=O) groups is 1. The van der Waals surface area contributed by atoms with Gasteiger partial charge in [-0.05, 0) is 30.7 Å². The Morgan fingerprint density at radius 3 is 2.55 bits per heavy atom. The third-order valence-electron chi connectivity index (χ3n) is 2.94. The summed E-state index contributed by atoms with van der Waals surface area (Å²) in [6.45, 7) is 2.00. The lowest BCUT2D eigenvalue weighted by Crippen LogP contribution is -2.15. The Bertz CT molecular complexity index is 669. The summed E-state index contributed by atoms with van der Waals surface area (Å²) < 4.78 is 0. The van der Waals surface area contributed by atoms with E-state index in [1.807, 2.05) is 37.3 Å². The lowest BCUT2D eigenvalue weighted by molar-refractivity contribution is -0.115. The second-order valence-electron chi connectivity index (χ2n) is 4.62. The van der Waals surface area contributed by atoms with Gasteiger partial charge in [0.05, 0.1) is 29.4 Å². The number of rotatable bonds is 3. The Balaban J connectivity index is 2.05. The van der Waals surface area contributed by atoms with E-state index in [-0.39, 0.29) is 5.91 Å². The minimum atomic E-state index is -0.134. The number of carbonyl (C=O) groups excluding carboxylic acids is 1. The smallest absolute Gasteiger partial charge is 0.228 e. The zero-order valence-electron chi connectivity index (χ0n) is 11.2. The van der Waals surface area contributed by atoms with E-state index in [0.29, 0.717) is 23.4 Å². The van der Waals surface area contributed by atoms with Gasteiger partial charge >= 0.3 is 0 Å². The first kappa shape index (κ1) is 13.6. The van der Waals surface area contributed by atoms with E-state index in [2.05, 4.69) is 5.32 Å². The molecule has 2 aromatic carbocycles. The van der Waals surface area contributed by atoms with Crippen LogP contribution in [0.25, 0.3) is 0 Å².